The second-order valence-corrected chi connectivity index (χ2v) is 4.49. The number of aliphatic hydroxyl groups is 1. The van der Waals surface area contributed by atoms with Crippen LogP contribution < -0.4 is 0 Å². The fourth-order valence-corrected chi connectivity index (χ4v) is 1.73. The number of carboxylic acid groups (broad SMARTS) is 1. The molecule has 2 rings (SSSR count). The Labute approximate surface area is 104 Å². The number of hydrogen-bond acceptors (Lipinski definition) is 4. The van der Waals surface area contributed by atoms with Crippen LogP contribution >= 0.6 is 0 Å². The lowest BCUT2D eigenvalue weighted by atomic mass is 9.92. The molecule has 5 nitrogen and oxygen atoms in total. The fraction of sp³-hybridized carbons (Fsp3) is 0.231. The lowest BCUT2D eigenvalue weighted by molar-refractivity contribution is 0.0685. The lowest BCUT2D eigenvalue weighted by Crippen LogP contribution is -2.16. The topological polar surface area (TPSA) is 83.6 Å². The Morgan fingerprint density at radius 1 is 1.33 bits per heavy atom. The molecule has 0 aliphatic rings. The summed E-state index contributed by atoms with van der Waals surface area (Å²) in [4.78, 5) is 10.8. The Kier molecular flexibility index (Phi) is 2.92. The van der Waals surface area contributed by atoms with Crippen LogP contribution in [0.1, 0.15) is 29.9 Å². The summed E-state index contributed by atoms with van der Waals surface area (Å²) in [6, 6.07) is 8.43. The monoisotopic (exact) mass is 247 g/mol. The van der Waals surface area contributed by atoms with Gasteiger partial charge in [-0.1, -0.05) is 29.4 Å². The second-order valence-electron chi connectivity index (χ2n) is 4.49. The van der Waals surface area contributed by atoms with Gasteiger partial charge in [-0.15, -0.1) is 0 Å². The van der Waals surface area contributed by atoms with E-state index in [1.54, 1.807) is 38.1 Å². The smallest absolute Gasteiger partial charge is 0.358 e. The molecule has 0 fully saturated rings. The molecule has 0 bridgehead atoms. The zero-order valence-corrected chi connectivity index (χ0v) is 10.0. The van der Waals surface area contributed by atoms with Crippen molar-refractivity contribution in [2.45, 2.75) is 19.4 Å². The van der Waals surface area contributed by atoms with Crippen LogP contribution in [0.5, 0.6) is 0 Å². The van der Waals surface area contributed by atoms with Gasteiger partial charge in [-0.05, 0) is 19.4 Å². The number of aromatic nitrogens is 1. The highest BCUT2D eigenvalue weighted by atomic mass is 16.5. The van der Waals surface area contributed by atoms with Gasteiger partial charge in [0.1, 0.15) is 0 Å². The molecule has 18 heavy (non-hydrogen) atoms. The fourth-order valence-electron chi connectivity index (χ4n) is 1.73. The van der Waals surface area contributed by atoms with Crippen molar-refractivity contribution in [1.82, 2.24) is 5.16 Å². The van der Waals surface area contributed by atoms with E-state index in [4.69, 9.17) is 9.63 Å². The minimum atomic E-state index is -1.15. The Morgan fingerprint density at radius 2 is 2.00 bits per heavy atom. The first kappa shape index (κ1) is 12.3. The highest BCUT2D eigenvalue weighted by Crippen LogP contribution is 2.31. The van der Waals surface area contributed by atoms with Crippen LogP contribution in [0.25, 0.3) is 11.3 Å². The Balaban J connectivity index is 2.53. The molecule has 2 aromatic rings. The Bertz CT molecular complexity index is 581. The summed E-state index contributed by atoms with van der Waals surface area (Å²) in [5, 5.41) is 22.3. The molecule has 94 valence electrons. The molecule has 0 spiro atoms. The Hall–Kier alpha value is -2.14. The number of nitrogens with zero attached hydrogens (tertiary/aromatic N) is 1. The van der Waals surface area contributed by atoms with Crippen molar-refractivity contribution in [3.63, 3.8) is 0 Å². The van der Waals surface area contributed by atoms with E-state index in [0.717, 1.165) is 0 Å². The predicted molar refractivity (Wildman–Crippen MR) is 64.1 cm³/mol. The van der Waals surface area contributed by atoms with Gasteiger partial charge in [0.2, 0.25) is 0 Å². The van der Waals surface area contributed by atoms with Crippen LogP contribution in [0.2, 0.25) is 0 Å². The van der Waals surface area contributed by atoms with Crippen molar-refractivity contribution in [3.05, 3.63) is 41.6 Å². The average molecular weight is 247 g/mol. The van der Waals surface area contributed by atoms with E-state index in [2.05, 4.69) is 5.16 Å². The SMILES string of the molecule is CC(C)(O)c1ccccc1-c1cc(C(=O)O)no1. The maximum atomic E-state index is 10.8. The summed E-state index contributed by atoms with van der Waals surface area (Å²) in [5.74, 6) is -0.823. The summed E-state index contributed by atoms with van der Waals surface area (Å²) in [7, 11) is 0. The first-order valence-corrected chi connectivity index (χ1v) is 5.42. The molecule has 0 aliphatic carbocycles. The molecule has 1 aromatic carbocycles. The summed E-state index contributed by atoms with van der Waals surface area (Å²) in [6.45, 7) is 3.31. The van der Waals surface area contributed by atoms with Crippen molar-refractivity contribution in [2.75, 3.05) is 0 Å². The van der Waals surface area contributed by atoms with Crippen LogP contribution in [0, 0.1) is 0 Å². The van der Waals surface area contributed by atoms with Gasteiger partial charge in [-0.2, -0.15) is 0 Å². The summed E-state index contributed by atoms with van der Waals surface area (Å²) < 4.78 is 5.01. The van der Waals surface area contributed by atoms with Gasteiger partial charge in [0.15, 0.2) is 11.5 Å². The van der Waals surface area contributed by atoms with Gasteiger partial charge in [-0.25, -0.2) is 4.79 Å². The maximum Gasteiger partial charge on any atom is 0.358 e. The van der Waals surface area contributed by atoms with E-state index in [1.807, 2.05) is 0 Å². The molecule has 0 unspecified atom stereocenters. The highest BCUT2D eigenvalue weighted by molar-refractivity contribution is 5.86. The number of aromatic carboxylic acids is 1. The van der Waals surface area contributed by atoms with Crippen molar-refractivity contribution < 1.29 is 19.5 Å². The van der Waals surface area contributed by atoms with Gasteiger partial charge < -0.3 is 14.7 Å². The van der Waals surface area contributed by atoms with Crippen molar-refractivity contribution in [3.8, 4) is 11.3 Å². The van der Waals surface area contributed by atoms with E-state index >= 15 is 0 Å². The third kappa shape index (κ3) is 2.26. The molecule has 0 radical (unpaired) electrons. The van der Waals surface area contributed by atoms with Gasteiger partial charge >= 0.3 is 5.97 Å². The molecule has 0 amide bonds. The first-order chi connectivity index (χ1) is 8.39. The van der Waals surface area contributed by atoms with E-state index < -0.39 is 11.6 Å². The van der Waals surface area contributed by atoms with E-state index in [-0.39, 0.29) is 5.69 Å². The first-order valence-electron chi connectivity index (χ1n) is 5.42. The van der Waals surface area contributed by atoms with Gasteiger partial charge in [-0.3, -0.25) is 0 Å². The van der Waals surface area contributed by atoms with Crippen LogP contribution in [0.3, 0.4) is 0 Å². The van der Waals surface area contributed by atoms with E-state index in [1.165, 1.54) is 6.07 Å². The minimum Gasteiger partial charge on any atom is -0.476 e. The number of carboxylic acids is 1. The molecule has 1 aromatic heterocycles. The number of hydrogen-bond donors (Lipinski definition) is 2. The summed E-state index contributed by atoms with van der Waals surface area (Å²) in [5.41, 5.74) is 0.0749. The van der Waals surface area contributed by atoms with Crippen molar-refractivity contribution >= 4 is 5.97 Å². The minimum absolute atomic E-state index is 0.157. The standard InChI is InChI=1S/C13H13NO4/c1-13(2,17)9-6-4-3-5-8(9)11-7-10(12(15)16)14-18-11/h3-7,17H,1-2H3,(H,15,16). The maximum absolute atomic E-state index is 10.8. The van der Waals surface area contributed by atoms with Crippen LogP contribution in [0.15, 0.2) is 34.9 Å². The van der Waals surface area contributed by atoms with Crippen molar-refractivity contribution in [1.29, 1.82) is 0 Å². The molecular formula is C13H13NO4. The lowest BCUT2D eigenvalue weighted by Gasteiger charge is -2.20. The molecule has 5 heteroatoms. The van der Waals surface area contributed by atoms with Crippen LogP contribution in [0.4, 0.5) is 0 Å². The number of benzene rings is 1. The largest absolute Gasteiger partial charge is 0.476 e. The van der Waals surface area contributed by atoms with Gasteiger partial charge in [0.05, 0.1) is 5.60 Å². The predicted octanol–water partition coefficient (Wildman–Crippen LogP) is 2.27. The summed E-state index contributed by atoms with van der Waals surface area (Å²) >= 11 is 0. The van der Waals surface area contributed by atoms with Gasteiger partial charge in [0, 0.05) is 11.6 Å². The second kappa shape index (κ2) is 4.27. The normalized spacial score (nSPS) is 11.5. The van der Waals surface area contributed by atoms with Crippen molar-refractivity contribution in [2.24, 2.45) is 0 Å². The average Bonchev–Trinajstić information content (AvgIpc) is 2.77. The Morgan fingerprint density at radius 3 is 2.56 bits per heavy atom. The van der Waals surface area contributed by atoms with E-state index in [0.29, 0.717) is 16.9 Å². The quantitative estimate of drug-likeness (QED) is 0.869. The third-order valence-corrected chi connectivity index (χ3v) is 2.58. The number of carbonyl (C=O) groups is 1. The molecule has 0 atom stereocenters. The van der Waals surface area contributed by atoms with Crippen LogP contribution in [-0.4, -0.2) is 21.3 Å². The zero-order chi connectivity index (χ0) is 13.3. The van der Waals surface area contributed by atoms with Crippen LogP contribution in [-0.2, 0) is 5.60 Å². The third-order valence-electron chi connectivity index (χ3n) is 2.58. The van der Waals surface area contributed by atoms with E-state index in [9.17, 15) is 9.90 Å². The summed E-state index contributed by atoms with van der Waals surface area (Å²) in [6.07, 6.45) is 0. The number of rotatable bonds is 3. The highest BCUT2D eigenvalue weighted by Gasteiger charge is 2.23. The molecule has 0 saturated carbocycles. The molecule has 0 aliphatic heterocycles. The molecule has 1 heterocycles. The zero-order valence-electron chi connectivity index (χ0n) is 10.0. The van der Waals surface area contributed by atoms with Gasteiger partial charge in [0.25, 0.3) is 0 Å². The molecule has 0 saturated heterocycles. The molecular weight excluding hydrogens is 234 g/mol. The molecule has 2 N–H and O–H groups in total.